The van der Waals surface area contributed by atoms with E-state index in [2.05, 4.69) is 25.1 Å². The first kappa shape index (κ1) is 12.4. The van der Waals surface area contributed by atoms with E-state index >= 15 is 0 Å². The molecule has 7 nitrogen and oxygen atoms in total. The van der Waals surface area contributed by atoms with E-state index < -0.39 is 0 Å². The van der Waals surface area contributed by atoms with Crippen LogP contribution in [0.1, 0.15) is 0 Å². The number of rotatable bonds is 2. The Bertz CT molecular complexity index is 951. The van der Waals surface area contributed by atoms with Crippen LogP contribution in [0.25, 0.3) is 33.7 Å². The summed E-state index contributed by atoms with van der Waals surface area (Å²) in [6, 6.07) is 9.72. The van der Waals surface area contributed by atoms with E-state index in [0.717, 1.165) is 16.5 Å². The maximum Gasteiger partial charge on any atom is 0.268 e. The molecule has 0 aliphatic rings. The second kappa shape index (κ2) is 4.88. The minimum atomic E-state index is 0.279. The Labute approximate surface area is 124 Å². The zero-order valence-electron chi connectivity index (χ0n) is 11.3. The monoisotopic (exact) mass is 290 g/mol. The van der Waals surface area contributed by atoms with E-state index in [0.29, 0.717) is 17.2 Å². The van der Waals surface area contributed by atoms with Crippen LogP contribution in [-0.2, 0) is 0 Å². The highest BCUT2D eigenvalue weighted by atomic mass is 16.4. The van der Waals surface area contributed by atoms with Gasteiger partial charge in [0.15, 0.2) is 5.69 Å². The Balaban J connectivity index is 1.94. The summed E-state index contributed by atoms with van der Waals surface area (Å²) in [4.78, 5) is 13.0. The predicted molar refractivity (Wildman–Crippen MR) is 80.5 cm³/mol. The quantitative estimate of drug-likeness (QED) is 0.604. The number of hydrogen-bond acceptors (Lipinski definition) is 7. The molecule has 0 fully saturated rings. The lowest BCUT2D eigenvalue weighted by molar-refractivity contribution is 0.566. The van der Waals surface area contributed by atoms with E-state index in [4.69, 9.17) is 10.2 Å². The van der Waals surface area contributed by atoms with Crippen LogP contribution in [0.15, 0.2) is 53.5 Å². The molecule has 106 valence electrons. The number of hydrogen-bond donors (Lipinski definition) is 1. The predicted octanol–water partition coefficient (Wildman–Crippen LogP) is 2.32. The largest absolute Gasteiger partial charge is 0.422 e. The number of anilines is 1. The van der Waals surface area contributed by atoms with Crippen molar-refractivity contribution in [2.45, 2.75) is 0 Å². The van der Waals surface area contributed by atoms with Gasteiger partial charge in [-0.1, -0.05) is 12.1 Å². The fourth-order valence-corrected chi connectivity index (χ4v) is 2.26. The van der Waals surface area contributed by atoms with E-state index in [9.17, 15) is 0 Å². The first-order valence-corrected chi connectivity index (χ1v) is 6.55. The van der Waals surface area contributed by atoms with Crippen LogP contribution in [0.5, 0.6) is 0 Å². The maximum absolute atomic E-state index is 5.73. The van der Waals surface area contributed by atoms with Crippen molar-refractivity contribution >= 4 is 16.7 Å². The summed E-state index contributed by atoms with van der Waals surface area (Å²) in [5, 5.41) is 8.58. The van der Waals surface area contributed by atoms with Crippen LogP contribution in [0.4, 0.5) is 5.82 Å². The topological polar surface area (TPSA) is 104 Å². The molecule has 3 heterocycles. The smallest absolute Gasteiger partial charge is 0.268 e. The molecule has 2 N–H and O–H groups in total. The second-order valence-electron chi connectivity index (χ2n) is 4.65. The minimum Gasteiger partial charge on any atom is -0.422 e. The van der Waals surface area contributed by atoms with Crippen molar-refractivity contribution in [3.63, 3.8) is 0 Å². The van der Waals surface area contributed by atoms with Gasteiger partial charge in [0.25, 0.3) is 5.89 Å². The molecule has 0 radical (unpaired) electrons. The van der Waals surface area contributed by atoms with Crippen LogP contribution >= 0.6 is 0 Å². The van der Waals surface area contributed by atoms with Gasteiger partial charge in [-0.2, -0.15) is 0 Å². The number of aromatic nitrogens is 5. The van der Waals surface area contributed by atoms with Gasteiger partial charge in [0.05, 0.1) is 11.7 Å². The summed E-state index contributed by atoms with van der Waals surface area (Å²) >= 11 is 0. The van der Waals surface area contributed by atoms with Crippen LogP contribution < -0.4 is 5.73 Å². The van der Waals surface area contributed by atoms with Gasteiger partial charge in [0.1, 0.15) is 11.5 Å². The Hall–Kier alpha value is -3.35. The third-order valence-electron chi connectivity index (χ3n) is 3.23. The van der Waals surface area contributed by atoms with Crippen molar-refractivity contribution in [3.8, 4) is 22.8 Å². The first-order chi connectivity index (χ1) is 10.8. The van der Waals surface area contributed by atoms with E-state index in [-0.39, 0.29) is 5.89 Å². The summed E-state index contributed by atoms with van der Waals surface area (Å²) in [7, 11) is 0. The van der Waals surface area contributed by atoms with Crippen LogP contribution in [0.2, 0.25) is 0 Å². The standard InChI is InChI=1S/C15H10N6O/c16-12-7-18-13(14(20-12)15-21-19-8-22-15)10-3-4-11-9(6-10)2-1-5-17-11/h1-8H,(H2,16,20). The minimum absolute atomic E-state index is 0.279. The number of nitrogen functional groups attached to an aromatic ring is 1. The molecule has 0 atom stereocenters. The maximum atomic E-state index is 5.73. The van der Waals surface area contributed by atoms with Crippen LogP contribution in [0, 0.1) is 0 Å². The van der Waals surface area contributed by atoms with Gasteiger partial charge in [0.2, 0.25) is 6.39 Å². The van der Waals surface area contributed by atoms with Gasteiger partial charge in [-0.05, 0) is 18.2 Å². The molecule has 0 saturated heterocycles. The van der Waals surface area contributed by atoms with Crippen molar-refractivity contribution < 1.29 is 4.42 Å². The summed E-state index contributed by atoms with van der Waals surface area (Å²) in [5.74, 6) is 0.570. The molecule has 0 aliphatic heterocycles. The Morgan fingerprint density at radius 1 is 1.05 bits per heavy atom. The highest BCUT2D eigenvalue weighted by molar-refractivity contribution is 5.86. The average molecular weight is 290 g/mol. The van der Waals surface area contributed by atoms with Gasteiger partial charge in [0, 0.05) is 17.1 Å². The lowest BCUT2D eigenvalue weighted by Gasteiger charge is -2.07. The van der Waals surface area contributed by atoms with Gasteiger partial charge in [-0.3, -0.25) is 4.98 Å². The second-order valence-corrected chi connectivity index (χ2v) is 4.65. The summed E-state index contributed by atoms with van der Waals surface area (Å²) in [6.07, 6.45) is 4.51. The van der Waals surface area contributed by atoms with Gasteiger partial charge in [-0.15, -0.1) is 10.2 Å². The SMILES string of the molecule is Nc1cnc(-c2ccc3ncccc3c2)c(-c2nnco2)n1. The molecular weight excluding hydrogens is 280 g/mol. The molecule has 22 heavy (non-hydrogen) atoms. The van der Waals surface area contributed by atoms with Gasteiger partial charge < -0.3 is 10.2 Å². The molecule has 3 aromatic heterocycles. The number of fused-ring (bicyclic) bond motifs is 1. The Morgan fingerprint density at radius 3 is 2.86 bits per heavy atom. The Morgan fingerprint density at radius 2 is 2.00 bits per heavy atom. The highest BCUT2D eigenvalue weighted by Crippen LogP contribution is 2.29. The van der Waals surface area contributed by atoms with Crippen molar-refractivity contribution in [3.05, 3.63) is 49.1 Å². The molecular formula is C15H10N6O. The fraction of sp³-hybridized carbons (Fsp3) is 0. The average Bonchev–Trinajstić information content (AvgIpc) is 3.09. The summed E-state index contributed by atoms with van der Waals surface area (Å²) < 4.78 is 5.23. The molecule has 4 rings (SSSR count). The molecule has 1 aromatic carbocycles. The lowest BCUT2D eigenvalue weighted by atomic mass is 10.1. The molecule has 0 amide bonds. The fourth-order valence-electron chi connectivity index (χ4n) is 2.26. The molecule has 0 aliphatic carbocycles. The third-order valence-corrected chi connectivity index (χ3v) is 3.23. The van der Waals surface area contributed by atoms with Crippen LogP contribution in [0.3, 0.4) is 0 Å². The Kier molecular flexibility index (Phi) is 2.75. The first-order valence-electron chi connectivity index (χ1n) is 6.55. The molecule has 0 bridgehead atoms. The van der Waals surface area contributed by atoms with Crippen LogP contribution in [-0.4, -0.2) is 25.1 Å². The summed E-state index contributed by atoms with van der Waals surface area (Å²) in [5.41, 5.74) is 8.60. The van der Waals surface area contributed by atoms with E-state index in [1.165, 1.54) is 12.6 Å². The molecule has 7 heteroatoms. The lowest BCUT2D eigenvalue weighted by Crippen LogP contribution is -1.98. The van der Waals surface area contributed by atoms with Crippen molar-refractivity contribution in [2.24, 2.45) is 0 Å². The van der Waals surface area contributed by atoms with Crippen molar-refractivity contribution in [1.82, 2.24) is 25.1 Å². The molecule has 0 spiro atoms. The van der Waals surface area contributed by atoms with E-state index in [1.807, 2.05) is 30.3 Å². The summed E-state index contributed by atoms with van der Waals surface area (Å²) in [6.45, 7) is 0. The van der Waals surface area contributed by atoms with Gasteiger partial charge >= 0.3 is 0 Å². The zero-order valence-corrected chi connectivity index (χ0v) is 11.3. The highest BCUT2D eigenvalue weighted by Gasteiger charge is 2.16. The molecule has 4 aromatic rings. The zero-order chi connectivity index (χ0) is 14.9. The molecule has 0 saturated carbocycles. The van der Waals surface area contributed by atoms with Crippen molar-refractivity contribution in [1.29, 1.82) is 0 Å². The number of benzene rings is 1. The normalized spacial score (nSPS) is 10.9. The van der Waals surface area contributed by atoms with Crippen molar-refractivity contribution in [2.75, 3.05) is 5.73 Å². The third kappa shape index (κ3) is 2.05. The number of nitrogens with two attached hydrogens (primary N) is 1. The molecule has 0 unspecified atom stereocenters. The van der Waals surface area contributed by atoms with Gasteiger partial charge in [-0.25, -0.2) is 9.97 Å². The number of nitrogens with zero attached hydrogens (tertiary/aromatic N) is 5. The number of pyridine rings is 1. The van der Waals surface area contributed by atoms with E-state index in [1.54, 1.807) is 6.20 Å².